The Labute approximate surface area is 136 Å². The number of nitrogens with zero attached hydrogens (tertiary/aromatic N) is 1. The predicted octanol–water partition coefficient (Wildman–Crippen LogP) is 3.52. The molecule has 0 radical (unpaired) electrons. The van der Waals surface area contributed by atoms with E-state index in [4.69, 9.17) is 4.52 Å². The zero-order valence-corrected chi connectivity index (χ0v) is 14.3. The SMILES string of the molecule is CCO[P@](=O)(c1ccc(N(C)C)cc1)[C@@H](O)c1ccccc1F. The van der Waals surface area contributed by atoms with Gasteiger partial charge in [0, 0.05) is 30.7 Å². The Morgan fingerprint density at radius 1 is 1.17 bits per heavy atom. The van der Waals surface area contributed by atoms with Crippen molar-refractivity contribution in [2.45, 2.75) is 12.8 Å². The molecule has 0 unspecified atom stereocenters. The summed E-state index contributed by atoms with van der Waals surface area (Å²) in [7, 11) is 0.124. The number of benzene rings is 2. The highest BCUT2D eigenvalue weighted by atomic mass is 31.2. The molecule has 0 saturated carbocycles. The van der Waals surface area contributed by atoms with Crippen LogP contribution in [0.4, 0.5) is 10.1 Å². The van der Waals surface area contributed by atoms with Gasteiger partial charge < -0.3 is 14.5 Å². The number of aliphatic hydroxyl groups is 1. The number of aliphatic hydroxyl groups excluding tert-OH is 1. The highest BCUT2D eigenvalue weighted by Gasteiger charge is 2.37. The van der Waals surface area contributed by atoms with Crippen molar-refractivity contribution in [3.63, 3.8) is 0 Å². The maximum Gasteiger partial charge on any atom is 0.264 e. The highest BCUT2D eigenvalue weighted by molar-refractivity contribution is 7.67. The average Bonchev–Trinajstić information content (AvgIpc) is 2.55. The maximum atomic E-state index is 14.0. The van der Waals surface area contributed by atoms with Crippen LogP contribution in [0, 0.1) is 5.82 Å². The molecule has 0 heterocycles. The van der Waals surface area contributed by atoms with Gasteiger partial charge in [-0.3, -0.25) is 4.57 Å². The van der Waals surface area contributed by atoms with Gasteiger partial charge in [0.1, 0.15) is 5.82 Å². The minimum absolute atomic E-state index is 0.0269. The average molecular weight is 337 g/mol. The molecule has 4 nitrogen and oxygen atoms in total. The van der Waals surface area contributed by atoms with E-state index in [0.29, 0.717) is 5.30 Å². The van der Waals surface area contributed by atoms with E-state index in [1.54, 1.807) is 37.3 Å². The van der Waals surface area contributed by atoms with Gasteiger partial charge in [0.2, 0.25) is 0 Å². The topological polar surface area (TPSA) is 49.8 Å². The van der Waals surface area contributed by atoms with Crippen LogP contribution in [-0.2, 0) is 9.09 Å². The summed E-state index contributed by atoms with van der Waals surface area (Å²) in [6, 6.07) is 12.6. The standard InChI is InChI=1S/C17H21FNO3P/c1-4-22-23(21,14-11-9-13(10-12-14)19(2)3)17(20)15-7-5-6-8-16(15)18/h5-12,17,20H,4H2,1-3H3/t17-,23-/m1/s1. The monoisotopic (exact) mass is 337 g/mol. The lowest BCUT2D eigenvalue weighted by Crippen LogP contribution is -2.16. The second-order valence-electron chi connectivity index (χ2n) is 5.32. The van der Waals surface area contributed by atoms with Crippen molar-refractivity contribution < 1.29 is 18.6 Å². The highest BCUT2D eigenvalue weighted by Crippen LogP contribution is 2.57. The Morgan fingerprint density at radius 2 is 1.78 bits per heavy atom. The molecule has 23 heavy (non-hydrogen) atoms. The van der Waals surface area contributed by atoms with Gasteiger partial charge in [0.05, 0.1) is 6.61 Å². The summed E-state index contributed by atoms with van der Waals surface area (Å²) in [5.41, 5.74) is 0.901. The molecule has 0 aliphatic rings. The summed E-state index contributed by atoms with van der Waals surface area (Å²) in [5.74, 6) is -2.15. The molecule has 0 aliphatic heterocycles. The van der Waals surface area contributed by atoms with Gasteiger partial charge in [-0.15, -0.1) is 0 Å². The molecule has 0 saturated heterocycles. The van der Waals surface area contributed by atoms with Crippen molar-refractivity contribution in [2.75, 3.05) is 25.6 Å². The Bertz CT molecular complexity index is 703. The van der Waals surface area contributed by atoms with Gasteiger partial charge in [-0.1, -0.05) is 18.2 Å². The normalized spacial score (nSPS) is 15.0. The van der Waals surface area contributed by atoms with Crippen molar-refractivity contribution in [3.8, 4) is 0 Å². The molecule has 0 spiro atoms. The summed E-state index contributed by atoms with van der Waals surface area (Å²) in [5, 5.41) is 10.9. The minimum atomic E-state index is -3.66. The van der Waals surface area contributed by atoms with Gasteiger partial charge >= 0.3 is 0 Å². The molecule has 0 aliphatic carbocycles. The Kier molecular flexibility index (Phi) is 5.58. The van der Waals surface area contributed by atoms with Crippen LogP contribution < -0.4 is 10.2 Å². The number of hydrogen-bond acceptors (Lipinski definition) is 4. The maximum absolute atomic E-state index is 14.0. The van der Waals surface area contributed by atoms with Crippen molar-refractivity contribution in [2.24, 2.45) is 0 Å². The van der Waals surface area contributed by atoms with E-state index in [-0.39, 0.29) is 12.2 Å². The summed E-state index contributed by atoms with van der Waals surface area (Å²) in [6.45, 7) is 1.84. The van der Waals surface area contributed by atoms with Crippen LogP contribution in [0.3, 0.4) is 0 Å². The second kappa shape index (κ2) is 7.26. The lowest BCUT2D eigenvalue weighted by atomic mass is 10.2. The third kappa shape index (κ3) is 3.63. The predicted molar refractivity (Wildman–Crippen MR) is 91.0 cm³/mol. The minimum Gasteiger partial charge on any atom is -0.378 e. The molecule has 0 bridgehead atoms. The van der Waals surface area contributed by atoms with Crippen LogP contribution in [-0.4, -0.2) is 25.8 Å². The number of rotatable bonds is 6. The molecule has 2 atom stereocenters. The zero-order valence-electron chi connectivity index (χ0n) is 13.4. The van der Waals surface area contributed by atoms with Crippen molar-refractivity contribution >= 4 is 18.4 Å². The molecule has 1 N–H and O–H groups in total. The molecule has 0 fully saturated rings. The Hall–Kier alpha value is -1.68. The van der Waals surface area contributed by atoms with Crippen LogP contribution in [0.5, 0.6) is 0 Å². The molecular formula is C17H21FNO3P. The van der Waals surface area contributed by atoms with Gasteiger partial charge in [0.25, 0.3) is 7.37 Å². The van der Waals surface area contributed by atoms with E-state index in [9.17, 15) is 14.1 Å². The number of anilines is 1. The van der Waals surface area contributed by atoms with E-state index >= 15 is 0 Å². The van der Waals surface area contributed by atoms with Crippen LogP contribution >= 0.6 is 7.37 Å². The lowest BCUT2D eigenvalue weighted by Gasteiger charge is -2.24. The van der Waals surface area contributed by atoms with Gasteiger partial charge in [0.15, 0.2) is 5.85 Å². The first-order chi connectivity index (χ1) is 10.9. The van der Waals surface area contributed by atoms with E-state index in [1.807, 2.05) is 19.0 Å². The third-order valence-corrected chi connectivity index (χ3v) is 6.13. The lowest BCUT2D eigenvalue weighted by molar-refractivity contribution is 0.214. The second-order valence-corrected chi connectivity index (χ2v) is 7.78. The van der Waals surface area contributed by atoms with Crippen molar-refractivity contribution in [1.82, 2.24) is 0 Å². The van der Waals surface area contributed by atoms with Crippen LogP contribution in [0.1, 0.15) is 18.3 Å². The van der Waals surface area contributed by atoms with E-state index in [2.05, 4.69) is 0 Å². The van der Waals surface area contributed by atoms with E-state index < -0.39 is 19.0 Å². The first-order valence-corrected chi connectivity index (χ1v) is 9.04. The molecular weight excluding hydrogens is 316 g/mol. The molecule has 2 rings (SSSR count). The van der Waals surface area contributed by atoms with Crippen LogP contribution in [0.2, 0.25) is 0 Å². The zero-order chi connectivity index (χ0) is 17.0. The van der Waals surface area contributed by atoms with Crippen molar-refractivity contribution in [1.29, 1.82) is 0 Å². The van der Waals surface area contributed by atoms with Gasteiger partial charge in [-0.05, 0) is 37.3 Å². The third-order valence-electron chi connectivity index (χ3n) is 3.55. The molecule has 0 amide bonds. The quantitative estimate of drug-likeness (QED) is 0.820. The Morgan fingerprint density at radius 3 is 2.30 bits per heavy atom. The summed E-state index contributed by atoms with van der Waals surface area (Å²) in [6.07, 6.45) is 0. The largest absolute Gasteiger partial charge is 0.378 e. The number of halogens is 1. The molecule has 124 valence electrons. The van der Waals surface area contributed by atoms with E-state index in [1.165, 1.54) is 18.2 Å². The smallest absolute Gasteiger partial charge is 0.264 e. The van der Waals surface area contributed by atoms with Gasteiger partial charge in [-0.2, -0.15) is 0 Å². The fourth-order valence-corrected chi connectivity index (χ4v) is 4.40. The fraction of sp³-hybridized carbons (Fsp3) is 0.294. The fourth-order valence-electron chi connectivity index (χ4n) is 2.30. The number of hydrogen-bond donors (Lipinski definition) is 1. The Balaban J connectivity index is 2.46. The van der Waals surface area contributed by atoms with Crippen LogP contribution in [0.15, 0.2) is 48.5 Å². The first kappa shape index (κ1) is 17.7. The van der Waals surface area contributed by atoms with Gasteiger partial charge in [-0.25, -0.2) is 4.39 Å². The summed E-state index contributed by atoms with van der Waals surface area (Å²) < 4.78 is 32.7. The molecule has 2 aromatic rings. The molecule has 6 heteroatoms. The van der Waals surface area contributed by atoms with Crippen LogP contribution in [0.25, 0.3) is 0 Å². The summed E-state index contributed by atoms with van der Waals surface area (Å²) >= 11 is 0. The molecule has 2 aromatic carbocycles. The summed E-state index contributed by atoms with van der Waals surface area (Å²) in [4.78, 5) is 1.91. The van der Waals surface area contributed by atoms with E-state index in [0.717, 1.165) is 5.69 Å². The van der Waals surface area contributed by atoms with Crippen molar-refractivity contribution in [3.05, 3.63) is 59.9 Å². The molecule has 0 aromatic heterocycles. The first-order valence-electron chi connectivity index (χ1n) is 7.35.